The maximum absolute atomic E-state index is 11.7. The fourth-order valence-corrected chi connectivity index (χ4v) is 2.92. The van der Waals surface area contributed by atoms with Crippen LogP contribution < -0.4 is 0 Å². The number of rotatable bonds is 11. The summed E-state index contributed by atoms with van der Waals surface area (Å²) >= 11 is 0. The number of hydrogen-bond donors (Lipinski definition) is 0. The van der Waals surface area contributed by atoms with Gasteiger partial charge in [0, 0.05) is 13.1 Å². The van der Waals surface area contributed by atoms with Gasteiger partial charge in [-0.15, -0.1) is 0 Å². The molecule has 0 aromatic heterocycles. The summed E-state index contributed by atoms with van der Waals surface area (Å²) in [5.41, 5.74) is 0. The van der Waals surface area contributed by atoms with E-state index < -0.39 is 10.0 Å². The Hall–Kier alpha value is -0.170. The van der Waals surface area contributed by atoms with Crippen molar-refractivity contribution in [3.8, 4) is 0 Å². The van der Waals surface area contributed by atoms with E-state index in [4.69, 9.17) is 9.47 Å². The molecular formula is C14H31NO4S. The molecule has 1 atom stereocenters. The highest BCUT2D eigenvalue weighted by atomic mass is 32.2. The van der Waals surface area contributed by atoms with E-state index in [0.29, 0.717) is 19.7 Å². The van der Waals surface area contributed by atoms with Crippen LogP contribution in [0.3, 0.4) is 0 Å². The quantitative estimate of drug-likeness (QED) is 0.587. The van der Waals surface area contributed by atoms with Crippen molar-refractivity contribution in [2.75, 3.05) is 26.0 Å². The number of likely N-dealkylation sites (N-methyl/N-ethyl adjacent to an activating group) is 1. The predicted molar refractivity (Wildman–Crippen MR) is 82.4 cm³/mol. The Morgan fingerprint density at radius 3 is 1.95 bits per heavy atom. The van der Waals surface area contributed by atoms with E-state index in [-0.39, 0.29) is 18.3 Å². The van der Waals surface area contributed by atoms with Gasteiger partial charge in [0.2, 0.25) is 10.0 Å². The highest BCUT2D eigenvalue weighted by Crippen LogP contribution is 2.09. The van der Waals surface area contributed by atoms with Crippen LogP contribution in [0.5, 0.6) is 0 Å². The highest BCUT2D eigenvalue weighted by molar-refractivity contribution is 7.88. The molecule has 0 aliphatic carbocycles. The van der Waals surface area contributed by atoms with Crippen molar-refractivity contribution in [2.24, 2.45) is 0 Å². The van der Waals surface area contributed by atoms with E-state index >= 15 is 0 Å². The first-order valence-corrected chi connectivity index (χ1v) is 9.31. The molecule has 0 aliphatic heterocycles. The lowest BCUT2D eigenvalue weighted by Gasteiger charge is -2.27. The molecule has 20 heavy (non-hydrogen) atoms. The average molecular weight is 309 g/mol. The average Bonchev–Trinajstić information content (AvgIpc) is 2.34. The van der Waals surface area contributed by atoms with E-state index in [2.05, 4.69) is 13.8 Å². The molecule has 0 saturated carbocycles. The zero-order valence-electron chi connectivity index (χ0n) is 13.8. The summed E-state index contributed by atoms with van der Waals surface area (Å²) in [6.45, 7) is 11.1. The van der Waals surface area contributed by atoms with E-state index in [9.17, 15) is 8.42 Å². The van der Waals surface area contributed by atoms with Crippen LogP contribution in [0.2, 0.25) is 0 Å². The Morgan fingerprint density at radius 1 is 1.05 bits per heavy atom. The molecule has 0 saturated heterocycles. The minimum absolute atomic E-state index is 0.0450. The van der Waals surface area contributed by atoms with Crippen molar-refractivity contribution in [1.29, 1.82) is 0 Å². The number of nitrogens with zero attached hydrogens (tertiary/aromatic N) is 1. The highest BCUT2D eigenvalue weighted by Gasteiger charge is 2.22. The molecule has 0 rings (SSSR count). The minimum atomic E-state index is -3.20. The van der Waals surface area contributed by atoms with Crippen molar-refractivity contribution >= 4 is 10.0 Å². The van der Waals surface area contributed by atoms with Gasteiger partial charge < -0.3 is 9.47 Å². The fourth-order valence-electron chi connectivity index (χ4n) is 2.01. The van der Waals surface area contributed by atoms with Crippen molar-refractivity contribution < 1.29 is 17.9 Å². The lowest BCUT2D eigenvalue weighted by atomic mass is 10.2. The van der Waals surface area contributed by atoms with Gasteiger partial charge in [0.25, 0.3) is 0 Å². The van der Waals surface area contributed by atoms with Gasteiger partial charge in [-0.25, -0.2) is 8.42 Å². The zero-order valence-corrected chi connectivity index (χ0v) is 14.6. The van der Waals surface area contributed by atoms with Crippen molar-refractivity contribution in [2.45, 2.75) is 65.8 Å². The lowest BCUT2D eigenvalue weighted by Crippen LogP contribution is -2.41. The topological polar surface area (TPSA) is 55.8 Å². The SMILES string of the molecule is CCC(CC)OCC(CN(CC)S(C)(=O)=O)OC(C)C. The van der Waals surface area contributed by atoms with E-state index in [1.807, 2.05) is 20.8 Å². The Bertz CT molecular complexity index is 339. The van der Waals surface area contributed by atoms with Crippen LogP contribution >= 0.6 is 0 Å². The maximum Gasteiger partial charge on any atom is 0.211 e. The van der Waals surface area contributed by atoms with Crippen LogP contribution in [0.1, 0.15) is 47.5 Å². The molecule has 122 valence electrons. The molecule has 0 aromatic rings. The summed E-state index contributed by atoms with van der Waals surface area (Å²) in [6, 6.07) is 0. The molecule has 1 unspecified atom stereocenters. The second-order valence-corrected chi connectivity index (χ2v) is 7.27. The van der Waals surface area contributed by atoms with Crippen molar-refractivity contribution in [3.63, 3.8) is 0 Å². The first-order chi connectivity index (χ1) is 9.24. The molecule has 0 amide bonds. The van der Waals surface area contributed by atoms with Crippen molar-refractivity contribution in [3.05, 3.63) is 0 Å². The van der Waals surface area contributed by atoms with Gasteiger partial charge in [-0.1, -0.05) is 20.8 Å². The molecule has 0 aliphatic rings. The minimum Gasteiger partial charge on any atom is -0.375 e. The van der Waals surface area contributed by atoms with E-state index in [0.717, 1.165) is 12.8 Å². The summed E-state index contributed by atoms with van der Waals surface area (Å²) in [4.78, 5) is 0. The third-order valence-corrected chi connectivity index (χ3v) is 4.47. The Balaban J connectivity index is 4.62. The first-order valence-electron chi connectivity index (χ1n) is 7.46. The smallest absolute Gasteiger partial charge is 0.211 e. The maximum atomic E-state index is 11.7. The van der Waals surface area contributed by atoms with Gasteiger partial charge >= 0.3 is 0 Å². The van der Waals surface area contributed by atoms with E-state index in [1.165, 1.54) is 10.6 Å². The number of ether oxygens (including phenoxy) is 2. The van der Waals surface area contributed by atoms with Crippen LogP contribution in [0.25, 0.3) is 0 Å². The van der Waals surface area contributed by atoms with Gasteiger partial charge in [0.15, 0.2) is 0 Å². The molecular weight excluding hydrogens is 278 g/mol. The third kappa shape index (κ3) is 8.19. The van der Waals surface area contributed by atoms with Gasteiger partial charge in [-0.3, -0.25) is 0 Å². The third-order valence-electron chi connectivity index (χ3n) is 3.12. The first kappa shape index (κ1) is 19.8. The summed E-state index contributed by atoms with van der Waals surface area (Å²) in [6.07, 6.45) is 3.16. The van der Waals surface area contributed by atoms with E-state index in [1.54, 1.807) is 0 Å². The summed E-state index contributed by atoms with van der Waals surface area (Å²) in [7, 11) is -3.20. The van der Waals surface area contributed by atoms with Gasteiger partial charge in [-0.05, 0) is 26.7 Å². The molecule has 5 nitrogen and oxygen atoms in total. The Morgan fingerprint density at radius 2 is 1.60 bits per heavy atom. The molecule has 0 spiro atoms. The zero-order chi connectivity index (χ0) is 15.8. The molecule has 0 aromatic carbocycles. The second-order valence-electron chi connectivity index (χ2n) is 5.29. The molecule has 0 bridgehead atoms. The van der Waals surface area contributed by atoms with Gasteiger partial charge in [-0.2, -0.15) is 4.31 Å². The van der Waals surface area contributed by atoms with Crippen LogP contribution in [-0.4, -0.2) is 57.0 Å². The van der Waals surface area contributed by atoms with Crippen LogP contribution in [0, 0.1) is 0 Å². The summed E-state index contributed by atoms with van der Waals surface area (Å²) < 4.78 is 36.4. The molecule has 0 N–H and O–H groups in total. The van der Waals surface area contributed by atoms with Crippen LogP contribution in [0.15, 0.2) is 0 Å². The Kier molecular flexibility index (Phi) is 9.63. The van der Waals surface area contributed by atoms with Crippen LogP contribution in [0.4, 0.5) is 0 Å². The number of hydrogen-bond acceptors (Lipinski definition) is 4. The normalized spacial score (nSPS) is 14.4. The predicted octanol–water partition coefficient (Wildman–Crippen LogP) is 2.27. The van der Waals surface area contributed by atoms with Crippen molar-refractivity contribution in [1.82, 2.24) is 4.31 Å². The Labute approximate surface area is 124 Å². The lowest BCUT2D eigenvalue weighted by molar-refractivity contribution is -0.0709. The van der Waals surface area contributed by atoms with Crippen LogP contribution in [-0.2, 0) is 19.5 Å². The fraction of sp³-hybridized carbons (Fsp3) is 1.00. The molecule has 0 fully saturated rings. The van der Waals surface area contributed by atoms with Gasteiger partial charge in [0.05, 0.1) is 31.2 Å². The monoisotopic (exact) mass is 309 g/mol. The summed E-state index contributed by atoms with van der Waals surface area (Å²) in [5.74, 6) is 0. The molecule has 6 heteroatoms. The number of sulfonamides is 1. The molecule has 0 heterocycles. The standard InChI is InChI=1S/C14H31NO4S/c1-7-13(8-2)18-11-14(19-12(4)5)10-15(9-3)20(6,16)17/h12-14H,7-11H2,1-6H3. The summed E-state index contributed by atoms with van der Waals surface area (Å²) in [5, 5.41) is 0. The molecule has 0 radical (unpaired) electrons. The largest absolute Gasteiger partial charge is 0.375 e. The van der Waals surface area contributed by atoms with Gasteiger partial charge in [0.1, 0.15) is 0 Å². The second kappa shape index (κ2) is 9.71.